The summed E-state index contributed by atoms with van der Waals surface area (Å²) in [5.41, 5.74) is 1.25. The lowest BCUT2D eigenvalue weighted by Crippen LogP contribution is -2.39. The average Bonchev–Trinajstić information content (AvgIpc) is 2.29. The number of hydrogen-bond donors (Lipinski definition) is 1. The van der Waals surface area contributed by atoms with Crippen LogP contribution >= 0.6 is 15.9 Å². The van der Waals surface area contributed by atoms with Crippen LogP contribution in [0.3, 0.4) is 0 Å². The molecule has 2 heterocycles. The van der Waals surface area contributed by atoms with Crippen LogP contribution in [0.4, 0.5) is 5.82 Å². The Bertz CT molecular complexity index is 379. The van der Waals surface area contributed by atoms with Crippen molar-refractivity contribution in [1.82, 2.24) is 10.3 Å². The first-order chi connectivity index (χ1) is 8.20. The molecular formula is C13H20BrN3. The third-order valence-corrected chi connectivity index (χ3v) is 3.76. The lowest BCUT2D eigenvalue weighted by Gasteiger charge is -2.34. The molecule has 1 fully saturated rings. The van der Waals surface area contributed by atoms with Crippen LogP contribution < -0.4 is 10.2 Å². The van der Waals surface area contributed by atoms with E-state index in [1.807, 2.05) is 13.2 Å². The zero-order chi connectivity index (χ0) is 12.3. The maximum Gasteiger partial charge on any atom is 0.131 e. The summed E-state index contributed by atoms with van der Waals surface area (Å²) in [5, 5.41) is 3.28. The molecular weight excluding hydrogens is 278 g/mol. The Morgan fingerprint density at radius 1 is 1.59 bits per heavy atom. The topological polar surface area (TPSA) is 28.2 Å². The second-order valence-electron chi connectivity index (χ2n) is 4.81. The maximum absolute atomic E-state index is 4.55. The molecule has 1 aromatic heterocycles. The van der Waals surface area contributed by atoms with Crippen LogP contribution in [0.2, 0.25) is 0 Å². The molecule has 94 valence electrons. The van der Waals surface area contributed by atoms with Crippen molar-refractivity contribution >= 4 is 21.7 Å². The fourth-order valence-corrected chi connectivity index (χ4v) is 3.02. The third kappa shape index (κ3) is 3.19. The van der Waals surface area contributed by atoms with E-state index in [0.717, 1.165) is 35.8 Å². The summed E-state index contributed by atoms with van der Waals surface area (Å²) >= 11 is 3.47. The minimum Gasteiger partial charge on any atom is -0.356 e. The Kier molecular flexibility index (Phi) is 4.40. The van der Waals surface area contributed by atoms with Crippen LogP contribution in [0.1, 0.15) is 18.4 Å². The third-order valence-electron chi connectivity index (χ3n) is 3.33. The van der Waals surface area contributed by atoms with Gasteiger partial charge < -0.3 is 10.2 Å². The summed E-state index contributed by atoms with van der Waals surface area (Å²) in [6.07, 6.45) is 4.49. The van der Waals surface area contributed by atoms with Crippen LogP contribution in [0, 0.1) is 12.8 Å². The molecule has 2 rings (SSSR count). The largest absolute Gasteiger partial charge is 0.356 e. The molecule has 17 heavy (non-hydrogen) atoms. The predicted octanol–water partition coefficient (Wildman–Crippen LogP) is 2.59. The highest BCUT2D eigenvalue weighted by Crippen LogP contribution is 2.25. The number of pyridine rings is 1. The Labute approximate surface area is 112 Å². The van der Waals surface area contributed by atoms with Gasteiger partial charge in [0.15, 0.2) is 0 Å². The van der Waals surface area contributed by atoms with Crippen molar-refractivity contribution in [3.05, 3.63) is 22.3 Å². The first kappa shape index (κ1) is 12.8. The van der Waals surface area contributed by atoms with E-state index in [2.05, 4.69) is 44.1 Å². The Morgan fingerprint density at radius 2 is 2.41 bits per heavy atom. The average molecular weight is 298 g/mol. The molecule has 1 N–H and O–H groups in total. The summed E-state index contributed by atoms with van der Waals surface area (Å²) in [7, 11) is 2.03. The van der Waals surface area contributed by atoms with E-state index in [9.17, 15) is 0 Å². The van der Waals surface area contributed by atoms with Crippen LogP contribution in [-0.2, 0) is 0 Å². The lowest BCUT2D eigenvalue weighted by molar-refractivity contribution is 0.401. The number of aryl methyl sites for hydroxylation is 1. The lowest BCUT2D eigenvalue weighted by atomic mass is 9.98. The van der Waals surface area contributed by atoms with Gasteiger partial charge >= 0.3 is 0 Å². The molecule has 0 aromatic carbocycles. The summed E-state index contributed by atoms with van der Waals surface area (Å²) in [6.45, 7) is 5.49. The van der Waals surface area contributed by atoms with E-state index in [-0.39, 0.29) is 0 Å². The van der Waals surface area contributed by atoms with E-state index in [0.29, 0.717) is 0 Å². The fourth-order valence-electron chi connectivity index (χ4n) is 2.58. The quantitative estimate of drug-likeness (QED) is 0.929. The minimum absolute atomic E-state index is 0.749. The van der Waals surface area contributed by atoms with E-state index >= 15 is 0 Å². The van der Waals surface area contributed by atoms with Crippen LogP contribution in [0.15, 0.2) is 16.7 Å². The molecule has 0 radical (unpaired) electrons. The van der Waals surface area contributed by atoms with Gasteiger partial charge in [-0.2, -0.15) is 0 Å². The summed E-state index contributed by atoms with van der Waals surface area (Å²) in [4.78, 5) is 6.98. The molecule has 1 atom stereocenters. The number of nitrogens with zero attached hydrogens (tertiary/aromatic N) is 2. The van der Waals surface area contributed by atoms with E-state index in [1.54, 1.807) is 0 Å². The van der Waals surface area contributed by atoms with Crippen molar-refractivity contribution in [3.63, 3.8) is 0 Å². The predicted molar refractivity (Wildman–Crippen MR) is 75.5 cm³/mol. The molecule has 0 saturated carbocycles. The maximum atomic E-state index is 4.55. The SMILES string of the molecule is CNCC1CCCN(c2ncc(Br)cc2C)C1. The van der Waals surface area contributed by atoms with Gasteiger partial charge in [0.2, 0.25) is 0 Å². The molecule has 1 saturated heterocycles. The second kappa shape index (κ2) is 5.83. The molecule has 1 aromatic rings. The van der Waals surface area contributed by atoms with Gasteiger partial charge in [0.1, 0.15) is 5.82 Å². The fraction of sp³-hybridized carbons (Fsp3) is 0.615. The molecule has 0 amide bonds. The van der Waals surface area contributed by atoms with Gasteiger partial charge in [-0.25, -0.2) is 4.98 Å². The number of aromatic nitrogens is 1. The van der Waals surface area contributed by atoms with Crippen molar-refractivity contribution in [2.24, 2.45) is 5.92 Å². The van der Waals surface area contributed by atoms with Crippen molar-refractivity contribution in [2.45, 2.75) is 19.8 Å². The number of halogens is 1. The van der Waals surface area contributed by atoms with E-state index in [4.69, 9.17) is 0 Å². The van der Waals surface area contributed by atoms with Gasteiger partial charge in [0.05, 0.1) is 0 Å². The van der Waals surface area contributed by atoms with Gasteiger partial charge in [-0.1, -0.05) is 0 Å². The van der Waals surface area contributed by atoms with Crippen LogP contribution in [0.5, 0.6) is 0 Å². The molecule has 4 heteroatoms. The number of nitrogens with one attached hydrogen (secondary N) is 1. The molecule has 1 unspecified atom stereocenters. The summed E-state index contributed by atoms with van der Waals surface area (Å²) in [5.74, 6) is 1.90. The Morgan fingerprint density at radius 3 is 3.12 bits per heavy atom. The highest BCUT2D eigenvalue weighted by molar-refractivity contribution is 9.10. The zero-order valence-corrected chi connectivity index (χ0v) is 12.1. The summed E-state index contributed by atoms with van der Waals surface area (Å²) < 4.78 is 1.06. The Hall–Kier alpha value is -0.610. The van der Waals surface area contributed by atoms with Crippen molar-refractivity contribution in [1.29, 1.82) is 0 Å². The van der Waals surface area contributed by atoms with Crippen molar-refractivity contribution in [3.8, 4) is 0 Å². The molecule has 3 nitrogen and oxygen atoms in total. The Balaban J connectivity index is 2.10. The van der Waals surface area contributed by atoms with Gasteiger partial charge in [0, 0.05) is 23.8 Å². The first-order valence-electron chi connectivity index (χ1n) is 6.22. The van der Waals surface area contributed by atoms with Gasteiger partial charge in [0.25, 0.3) is 0 Å². The van der Waals surface area contributed by atoms with Gasteiger partial charge in [-0.3, -0.25) is 0 Å². The second-order valence-corrected chi connectivity index (χ2v) is 5.72. The molecule has 0 bridgehead atoms. The van der Waals surface area contributed by atoms with Gasteiger partial charge in [-0.15, -0.1) is 0 Å². The number of piperidine rings is 1. The molecule has 0 aliphatic carbocycles. The van der Waals surface area contributed by atoms with Crippen molar-refractivity contribution < 1.29 is 0 Å². The monoisotopic (exact) mass is 297 g/mol. The first-order valence-corrected chi connectivity index (χ1v) is 7.01. The number of rotatable bonds is 3. The van der Waals surface area contributed by atoms with Crippen LogP contribution in [0.25, 0.3) is 0 Å². The highest BCUT2D eigenvalue weighted by atomic mass is 79.9. The van der Waals surface area contributed by atoms with E-state index in [1.165, 1.54) is 18.4 Å². The standard InChI is InChI=1S/C13H20BrN3/c1-10-6-12(14)8-16-13(10)17-5-3-4-11(9-17)7-15-2/h6,8,11,15H,3-5,7,9H2,1-2H3. The highest BCUT2D eigenvalue weighted by Gasteiger charge is 2.21. The normalized spacial score (nSPS) is 20.6. The smallest absolute Gasteiger partial charge is 0.131 e. The molecule has 1 aliphatic rings. The molecule has 0 spiro atoms. The zero-order valence-electron chi connectivity index (χ0n) is 10.5. The summed E-state index contributed by atoms with van der Waals surface area (Å²) in [6, 6.07) is 2.14. The van der Waals surface area contributed by atoms with Crippen LogP contribution in [-0.4, -0.2) is 31.7 Å². The van der Waals surface area contributed by atoms with Crippen molar-refractivity contribution in [2.75, 3.05) is 31.6 Å². The minimum atomic E-state index is 0.749. The van der Waals surface area contributed by atoms with Gasteiger partial charge in [-0.05, 0) is 66.8 Å². The number of hydrogen-bond acceptors (Lipinski definition) is 3. The van der Waals surface area contributed by atoms with E-state index < -0.39 is 0 Å². The number of anilines is 1. The molecule has 1 aliphatic heterocycles.